The van der Waals surface area contributed by atoms with Gasteiger partial charge in [-0.05, 0) is 11.9 Å². The van der Waals surface area contributed by atoms with E-state index in [1.165, 1.54) is 31.0 Å². The summed E-state index contributed by atoms with van der Waals surface area (Å²) in [6, 6.07) is 13.6. The van der Waals surface area contributed by atoms with Crippen LogP contribution in [0.15, 0.2) is 60.9 Å². The summed E-state index contributed by atoms with van der Waals surface area (Å²) in [6.45, 7) is 3.36. The molecule has 1 aliphatic rings. The van der Waals surface area contributed by atoms with Crippen LogP contribution in [0.1, 0.15) is 16.6 Å². The molecule has 0 saturated carbocycles. The van der Waals surface area contributed by atoms with E-state index in [0.717, 1.165) is 0 Å². The molecule has 37 heavy (non-hydrogen) atoms. The number of nitro benzene ring substituents is 1. The molecule has 4 aromatic rings. The van der Waals surface area contributed by atoms with Crippen molar-refractivity contribution < 1.29 is 18.5 Å². The van der Waals surface area contributed by atoms with Crippen molar-refractivity contribution in [1.82, 2.24) is 19.7 Å². The third kappa shape index (κ3) is 5.07. The Morgan fingerprint density at radius 3 is 2.73 bits per heavy atom. The highest BCUT2D eigenvalue weighted by Crippen LogP contribution is 2.39. The first-order chi connectivity index (χ1) is 19.2. The SMILES string of the molecule is [2H]c1c(C([2H])([2H])C)c(-c2ccccc2)nn1-c1ccnc(Nc2cc([N+](=O)[O-])c(N3CCOCC3)cc2OC)n1. The fourth-order valence-corrected chi connectivity index (χ4v) is 4.09. The Hall–Kier alpha value is -4.51. The lowest BCUT2D eigenvalue weighted by Gasteiger charge is -2.29. The minimum atomic E-state index is -1.84. The third-order valence-corrected chi connectivity index (χ3v) is 5.90. The van der Waals surface area contributed by atoms with Crippen LogP contribution in [0.3, 0.4) is 0 Å². The van der Waals surface area contributed by atoms with Crippen LogP contribution >= 0.6 is 0 Å². The number of aromatic nitrogens is 4. The van der Waals surface area contributed by atoms with E-state index in [1.54, 1.807) is 24.3 Å². The number of nitrogens with zero attached hydrogens (tertiary/aromatic N) is 6. The summed E-state index contributed by atoms with van der Waals surface area (Å²) in [5, 5.41) is 19.5. The fourth-order valence-electron chi connectivity index (χ4n) is 4.09. The highest BCUT2D eigenvalue weighted by atomic mass is 16.6. The van der Waals surface area contributed by atoms with Crippen LogP contribution in [0.5, 0.6) is 5.75 Å². The van der Waals surface area contributed by atoms with Gasteiger partial charge in [-0.2, -0.15) is 10.1 Å². The zero-order valence-electron chi connectivity index (χ0n) is 23.3. The number of methoxy groups -OCH3 is 1. The molecule has 0 spiro atoms. The minimum absolute atomic E-state index is 0.0847. The molecule has 1 saturated heterocycles. The van der Waals surface area contributed by atoms with Gasteiger partial charge in [0.1, 0.15) is 11.4 Å². The molecular formula is C26H27N7O4. The molecule has 5 rings (SSSR count). The van der Waals surface area contributed by atoms with Crippen LogP contribution in [-0.4, -0.2) is 58.1 Å². The standard InChI is InChI=1S/C26H27N7O4/c1-3-18-17-32(30-25(18)19-7-5-4-6-8-19)24-9-10-27-26(29-24)28-20-15-22(33(34)35)21(16-23(20)36-2)31-11-13-37-14-12-31/h4-10,15-17H,3,11-14H2,1-2H3,(H,27,28,29)/i3D2,17D. The molecule has 0 bridgehead atoms. The maximum absolute atomic E-state index is 12.0. The van der Waals surface area contributed by atoms with Gasteiger partial charge in [-0.15, -0.1) is 0 Å². The molecule has 3 heterocycles. The number of hydrogen-bond acceptors (Lipinski definition) is 9. The van der Waals surface area contributed by atoms with E-state index in [-0.39, 0.29) is 34.9 Å². The molecule has 0 amide bonds. The maximum atomic E-state index is 12.0. The van der Waals surface area contributed by atoms with E-state index in [2.05, 4.69) is 20.4 Å². The zero-order chi connectivity index (χ0) is 28.4. The molecule has 190 valence electrons. The van der Waals surface area contributed by atoms with Crippen molar-refractivity contribution in [1.29, 1.82) is 0 Å². The van der Waals surface area contributed by atoms with Gasteiger partial charge in [-0.1, -0.05) is 37.3 Å². The van der Waals surface area contributed by atoms with Gasteiger partial charge < -0.3 is 19.7 Å². The average molecular weight is 505 g/mol. The van der Waals surface area contributed by atoms with Crippen molar-refractivity contribution >= 4 is 23.0 Å². The van der Waals surface area contributed by atoms with Crippen molar-refractivity contribution in [2.45, 2.75) is 13.3 Å². The van der Waals surface area contributed by atoms with Crippen molar-refractivity contribution in [3.05, 3.63) is 76.6 Å². The van der Waals surface area contributed by atoms with E-state index >= 15 is 0 Å². The summed E-state index contributed by atoms with van der Waals surface area (Å²) < 4.78 is 37.5. The lowest BCUT2D eigenvalue weighted by atomic mass is 10.1. The summed E-state index contributed by atoms with van der Waals surface area (Å²) in [5.74, 6) is 0.657. The van der Waals surface area contributed by atoms with Gasteiger partial charge >= 0.3 is 0 Å². The number of rotatable bonds is 8. The molecule has 0 radical (unpaired) electrons. The van der Waals surface area contributed by atoms with Crippen LogP contribution in [0.4, 0.5) is 23.0 Å². The second-order valence-electron chi connectivity index (χ2n) is 8.12. The Bertz CT molecular complexity index is 1540. The summed E-state index contributed by atoms with van der Waals surface area (Å²) in [4.78, 5) is 22.1. The summed E-state index contributed by atoms with van der Waals surface area (Å²) >= 11 is 0. The van der Waals surface area contributed by atoms with Gasteiger partial charge in [0.05, 0.1) is 38.0 Å². The molecule has 2 aromatic heterocycles. The first-order valence-corrected chi connectivity index (χ1v) is 11.6. The Balaban J connectivity index is 1.53. The number of nitrogens with one attached hydrogen (secondary N) is 1. The van der Waals surface area contributed by atoms with Crippen LogP contribution < -0.4 is 15.0 Å². The predicted octanol–water partition coefficient (Wildman–Crippen LogP) is 4.39. The quantitative estimate of drug-likeness (QED) is 0.275. The minimum Gasteiger partial charge on any atom is -0.494 e. The first kappa shape index (κ1) is 20.7. The number of hydrogen-bond donors (Lipinski definition) is 1. The maximum Gasteiger partial charge on any atom is 0.294 e. The van der Waals surface area contributed by atoms with Crippen molar-refractivity contribution in [3.8, 4) is 22.8 Å². The lowest BCUT2D eigenvalue weighted by molar-refractivity contribution is -0.384. The van der Waals surface area contributed by atoms with E-state index in [0.29, 0.717) is 49.0 Å². The molecule has 1 aliphatic heterocycles. The number of morpholine rings is 1. The third-order valence-electron chi connectivity index (χ3n) is 5.90. The summed E-state index contributed by atoms with van der Waals surface area (Å²) in [6.07, 6.45) is -0.542. The Labute approximate surface area is 218 Å². The average Bonchev–Trinajstić information content (AvgIpc) is 3.31. The fraction of sp³-hybridized carbons (Fsp3) is 0.269. The van der Waals surface area contributed by atoms with E-state index < -0.39 is 11.3 Å². The van der Waals surface area contributed by atoms with Crippen molar-refractivity contribution in [3.63, 3.8) is 0 Å². The van der Waals surface area contributed by atoms with Crippen LogP contribution in [0.25, 0.3) is 17.1 Å². The monoisotopic (exact) mass is 504 g/mol. The Morgan fingerprint density at radius 2 is 2.03 bits per heavy atom. The van der Waals surface area contributed by atoms with Crippen LogP contribution in [0, 0.1) is 10.1 Å². The first-order valence-electron chi connectivity index (χ1n) is 13.1. The molecule has 0 aliphatic carbocycles. The molecule has 0 atom stereocenters. The smallest absolute Gasteiger partial charge is 0.294 e. The zero-order valence-corrected chi connectivity index (χ0v) is 20.3. The van der Waals surface area contributed by atoms with Gasteiger partial charge in [-0.25, -0.2) is 9.67 Å². The second kappa shape index (κ2) is 10.6. The molecule has 11 nitrogen and oxygen atoms in total. The lowest BCUT2D eigenvalue weighted by Crippen LogP contribution is -2.36. The largest absolute Gasteiger partial charge is 0.494 e. The number of anilines is 3. The van der Waals surface area contributed by atoms with Gasteiger partial charge in [0, 0.05) is 52.0 Å². The number of benzene rings is 2. The summed E-state index contributed by atoms with van der Waals surface area (Å²) in [7, 11) is 1.47. The van der Waals surface area contributed by atoms with Gasteiger partial charge in [0.2, 0.25) is 5.95 Å². The molecular weight excluding hydrogens is 474 g/mol. The molecule has 11 heteroatoms. The topological polar surface area (TPSA) is 120 Å². The molecule has 2 aromatic carbocycles. The van der Waals surface area contributed by atoms with Gasteiger partial charge in [-0.3, -0.25) is 10.1 Å². The Morgan fingerprint density at radius 1 is 1.24 bits per heavy atom. The summed E-state index contributed by atoms with van der Waals surface area (Å²) in [5.41, 5.74) is 1.73. The van der Waals surface area contributed by atoms with Crippen LogP contribution in [0.2, 0.25) is 0 Å². The highest BCUT2D eigenvalue weighted by Gasteiger charge is 2.25. The second-order valence-corrected chi connectivity index (χ2v) is 8.12. The van der Waals surface area contributed by atoms with E-state index in [9.17, 15) is 10.1 Å². The van der Waals surface area contributed by atoms with E-state index in [1.807, 2.05) is 23.1 Å². The van der Waals surface area contributed by atoms with Gasteiger partial charge in [0.25, 0.3) is 5.69 Å². The molecule has 1 fully saturated rings. The van der Waals surface area contributed by atoms with E-state index in [4.69, 9.17) is 13.6 Å². The Kier molecular flexibility index (Phi) is 5.93. The number of nitro groups is 1. The van der Waals surface area contributed by atoms with Crippen molar-refractivity contribution in [2.75, 3.05) is 43.6 Å². The van der Waals surface area contributed by atoms with Gasteiger partial charge in [0.15, 0.2) is 5.82 Å². The predicted molar refractivity (Wildman–Crippen MR) is 140 cm³/mol. The highest BCUT2D eigenvalue weighted by molar-refractivity contribution is 5.77. The normalized spacial score (nSPS) is 15.0. The number of ether oxygens (including phenoxy) is 2. The van der Waals surface area contributed by atoms with Crippen molar-refractivity contribution in [2.24, 2.45) is 0 Å². The molecule has 0 unspecified atom stereocenters. The molecule has 1 N–H and O–H groups in total. The van der Waals surface area contributed by atoms with Crippen LogP contribution in [-0.2, 0) is 11.1 Å².